The standard InChI is InChI=1S/C11H11N5OS.C4H9N/c12-9(17)8-5-16(3-4-18-8)11-7-1-2-13-10(7)14-6-15-11;1-2-4-5-3-1/h1-2,5-6H,3-4H2,(H2,12,17)(H,13,14,15);5H,1-4H2. The topological polar surface area (TPSA) is 99.9 Å². The van der Waals surface area contributed by atoms with Crippen LogP contribution in [0.5, 0.6) is 0 Å². The zero-order valence-electron chi connectivity index (χ0n) is 12.8. The second-order valence-electron chi connectivity index (χ2n) is 5.29. The molecule has 122 valence electrons. The zero-order chi connectivity index (χ0) is 16.1. The summed E-state index contributed by atoms with van der Waals surface area (Å²) in [5, 5.41) is 4.16. The Morgan fingerprint density at radius 1 is 1.30 bits per heavy atom. The minimum absolute atomic E-state index is 0.399. The van der Waals surface area contributed by atoms with Crippen LogP contribution in [0.1, 0.15) is 12.8 Å². The fourth-order valence-electron chi connectivity index (χ4n) is 2.51. The third-order valence-electron chi connectivity index (χ3n) is 3.67. The molecule has 8 heteroatoms. The van der Waals surface area contributed by atoms with Crippen LogP contribution in [0.2, 0.25) is 0 Å². The van der Waals surface area contributed by atoms with Crippen LogP contribution in [0.25, 0.3) is 11.0 Å². The number of primary amides is 1. The van der Waals surface area contributed by atoms with E-state index in [0.29, 0.717) is 4.91 Å². The Morgan fingerprint density at radius 2 is 2.13 bits per heavy atom. The average molecular weight is 332 g/mol. The number of nitrogens with one attached hydrogen (secondary N) is 2. The summed E-state index contributed by atoms with van der Waals surface area (Å²) < 4.78 is 0. The summed E-state index contributed by atoms with van der Waals surface area (Å²) in [4.78, 5) is 25.2. The Morgan fingerprint density at radius 3 is 2.83 bits per heavy atom. The highest BCUT2D eigenvalue weighted by Crippen LogP contribution is 2.28. The largest absolute Gasteiger partial charge is 0.365 e. The minimum atomic E-state index is -0.399. The molecule has 4 heterocycles. The van der Waals surface area contributed by atoms with Gasteiger partial charge in [0.05, 0.1) is 10.3 Å². The average Bonchev–Trinajstić information content (AvgIpc) is 3.28. The number of aromatic amines is 1. The number of aromatic nitrogens is 3. The molecule has 2 aliphatic heterocycles. The first-order valence-electron chi connectivity index (χ1n) is 7.65. The predicted octanol–water partition coefficient (Wildman–Crippen LogP) is 1.21. The summed E-state index contributed by atoms with van der Waals surface area (Å²) in [5.41, 5.74) is 6.09. The van der Waals surface area contributed by atoms with Gasteiger partial charge in [-0.05, 0) is 32.0 Å². The van der Waals surface area contributed by atoms with Crippen molar-refractivity contribution in [2.75, 3.05) is 30.3 Å². The maximum absolute atomic E-state index is 11.2. The van der Waals surface area contributed by atoms with Crippen LogP contribution in [-0.2, 0) is 4.79 Å². The number of carbonyl (C=O) groups is 1. The molecule has 0 atom stereocenters. The summed E-state index contributed by atoms with van der Waals surface area (Å²) in [6, 6.07) is 1.92. The summed E-state index contributed by atoms with van der Waals surface area (Å²) in [6.07, 6.45) is 7.86. The van der Waals surface area contributed by atoms with Crippen LogP contribution in [-0.4, -0.2) is 46.2 Å². The van der Waals surface area contributed by atoms with Crippen molar-refractivity contribution in [3.05, 3.63) is 29.7 Å². The van der Waals surface area contributed by atoms with Crippen molar-refractivity contribution in [1.82, 2.24) is 20.3 Å². The molecular formula is C15H20N6OS. The number of hydrogen-bond donors (Lipinski definition) is 3. The van der Waals surface area contributed by atoms with Crippen molar-refractivity contribution in [1.29, 1.82) is 0 Å². The molecule has 0 aliphatic carbocycles. The van der Waals surface area contributed by atoms with Gasteiger partial charge in [0.15, 0.2) is 0 Å². The number of nitrogens with zero attached hydrogens (tertiary/aromatic N) is 3. The Kier molecular flexibility index (Phi) is 5.14. The molecule has 7 nitrogen and oxygen atoms in total. The number of H-pyrrole nitrogens is 1. The number of carbonyl (C=O) groups excluding carboxylic acids is 1. The summed E-state index contributed by atoms with van der Waals surface area (Å²) in [5.74, 6) is 1.20. The molecular weight excluding hydrogens is 312 g/mol. The highest BCUT2D eigenvalue weighted by atomic mass is 32.2. The van der Waals surface area contributed by atoms with Crippen molar-refractivity contribution < 1.29 is 4.79 Å². The SMILES string of the molecule is C1CCNC1.NC(=O)C1=CN(c2ncnc3[nH]ccc23)CCS1. The molecule has 1 saturated heterocycles. The van der Waals surface area contributed by atoms with Gasteiger partial charge in [-0.1, -0.05) is 0 Å². The molecule has 0 unspecified atom stereocenters. The van der Waals surface area contributed by atoms with E-state index in [-0.39, 0.29) is 0 Å². The van der Waals surface area contributed by atoms with Crippen molar-refractivity contribution in [2.45, 2.75) is 12.8 Å². The predicted molar refractivity (Wildman–Crippen MR) is 93.1 cm³/mol. The van der Waals surface area contributed by atoms with Gasteiger partial charge in [-0.25, -0.2) is 9.97 Å². The maximum atomic E-state index is 11.2. The lowest BCUT2D eigenvalue weighted by molar-refractivity contribution is -0.113. The van der Waals surface area contributed by atoms with Gasteiger partial charge in [-0.3, -0.25) is 4.79 Å². The first kappa shape index (κ1) is 15.8. The number of amides is 1. The van der Waals surface area contributed by atoms with Crippen LogP contribution < -0.4 is 16.0 Å². The quantitative estimate of drug-likeness (QED) is 0.764. The second-order valence-corrected chi connectivity index (χ2v) is 6.43. The monoisotopic (exact) mass is 332 g/mol. The van der Waals surface area contributed by atoms with E-state index in [4.69, 9.17) is 5.73 Å². The number of nitrogens with two attached hydrogens (primary N) is 1. The van der Waals surface area contributed by atoms with E-state index in [2.05, 4.69) is 20.3 Å². The van der Waals surface area contributed by atoms with Gasteiger partial charge in [0.1, 0.15) is 17.8 Å². The van der Waals surface area contributed by atoms with Gasteiger partial charge in [-0.15, -0.1) is 11.8 Å². The molecule has 0 spiro atoms. The summed E-state index contributed by atoms with van der Waals surface area (Å²) in [6.45, 7) is 3.29. The van der Waals surface area contributed by atoms with Crippen LogP contribution >= 0.6 is 11.8 Å². The van der Waals surface area contributed by atoms with E-state index in [1.165, 1.54) is 44.0 Å². The van der Waals surface area contributed by atoms with Crippen molar-refractivity contribution in [3.8, 4) is 0 Å². The minimum Gasteiger partial charge on any atom is -0.365 e. The third kappa shape index (κ3) is 3.83. The molecule has 0 bridgehead atoms. The van der Waals surface area contributed by atoms with E-state index in [1.54, 1.807) is 6.20 Å². The molecule has 2 aliphatic rings. The van der Waals surface area contributed by atoms with E-state index in [9.17, 15) is 4.79 Å². The van der Waals surface area contributed by atoms with Gasteiger partial charge in [0.2, 0.25) is 0 Å². The Hall–Kier alpha value is -2.06. The third-order valence-corrected chi connectivity index (χ3v) is 4.67. The molecule has 4 N–H and O–H groups in total. The highest BCUT2D eigenvalue weighted by molar-refractivity contribution is 8.04. The number of fused-ring (bicyclic) bond motifs is 1. The van der Waals surface area contributed by atoms with E-state index >= 15 is 0 Å². The molecule has 1 amide bonds. The summed E-state index contributed by atoms with van der Waals surface area (Å²) in [7, 11) is 0. The first-order chi connectivity index (χ1) is 11.3. The lowest BCUT2D eigenvalue weighted by Gasteiger charge is -2.24. The first-order valence-corrected chi connectivity index (χ1v) is 8.64. The van der Waals surface area contributed by atoms with Gasteiger partial charge in [0, 0.05) is 24.7 Å². The fraction of sp³-hybridized carbons (Fsp3) is 0.400. The Bertz CT molecular complexity index is 701. The molecule has 0 saturated carbocycles. The van der Waals surface area contributed by atoms with E-state index in [0.717, 1.165) is 29.1 Å². The molecule has 0 radical (unpaired) electrons. The second kappa shape index (κ2) is 7.47. The zero-order valence-corrected chi connectivity index (χ0v) is 13.6. The number of hydrogen-bond acceptors (Lipinski definition) is 6. The van der Waals surface area contributed by atoms with Gasteiger partial charge < -0.3 is 20.9 Å². The number of rotatable bonds is 2. The van der Waals surface area contributed by atoms with Gasteiger partial charge in [-0.2, -0.15) is 0 Å². The Labute approximate surface area is 138 Å². The van der Waals surface area contributed by atoms with Crippen LogP contribution in [0, 0.1) is 0 Å². The van der Waals surface area contributed by atoms with Crippen molar-refractivity contribution >= 4 is 34.5 Å². The van der Waals surface area contributed by atoms with Crippen LogP contribution in [0.4, 0.5) is 5.82 Å². The van der Waals surface area contributed by atoms with Crippen molar-refractivity contribution in [3.63, 3.8) is 0 Å². The highest BCUT2D eigenvalue weighted by Gasteiger charge is 2.18. The molecule has 2 aromatic heterocycles. The normalized spacial score (nSPS) is 17.6. The molecule has 1 fully saturated rings. The van der Waals surface area contributed by atoms with Crippen molar-refractivity contribution in [2.24, 2.45) is 5.73 Å². The molecule has 0 aromatic carbocycles. The molecule has 4 rings (SSSR count). The van der Waals surface area contributed by atoms with Gasteiger partial charge >= 0.3 is 0 Å². The smallest absolute Gasteiger partial charge is 0.256 e. The molecule has 2 aromatic rings. The van der Waals surface area contributed by atoms with E-state index in [1.807, 2.05) is 17.2 Å². The lowest BCUT2D eigenvalue weighted by atomic mass is 10.3. The Balaban J connectivity index is 0.000000267. The van der Waals surface area contributed by atoms with Crippen LogP contribution in [0.3, 0.4) is 0 Å². The number of anilines is 1. The summed E-state index contributed by atoms with van der Waals surface area (Å²) >= 11 is 1.47. The lowest BCUT2D eigenvalue weighted by Crippen LogP contribution is -2.27. The van der Waals surface area contributed by atoms with Crippen LogP contribution in [0.15, 0.2) is 29.7 Å². The van der Waals surface area contributed by atoms with Gasteiger partial charge in [0.25, 0.3) is 5.91 Å². The maximum Gasteiger partial charge on any atom is 0.256 e. The molecule has 23 heavy (non-hydrogen) atoms. The fourth-order valence-corrected chi connectivity index (χ4v) is 3.36. The number of thioether (sulfide) groups is 1. The van der Waals surface area contributed by atoms with E-state index < -0.39 is 5.91 Å².